The van der Waals surface area contributed by atoms with Crippen molar-refractivity contribution in [2.45, 2.75) is 12.1 Å². The van der Waals surface area contributed by atoms with E-state index in [0.717, 1.165) is 17.9 Å². The van der Waals surface area contributed by atoms with Gasteiger partial charge in [-0.25, -0.2) is 4.98 Å². The van der Waals surface area contributed by atoms with Crippen LogP contribution in [0.25, 0.3) is 11.1 Å². The minimum Gasteiger partial charge on any atom is -0.372 e. The van der Waals surface area contributed by atoms with E-state index in [4.69, 9.17) is 10.00 Å². The van der Waals surface area contributed by atoms with Gasteiger partial charge in [0.05, 0.1) is 31.8 Å². The molecule has 0 amide bonds. The van der Waals surface area contributed by atoms with Gasteiger partial charge in [-0.3, -0.25) is 0 Å². The second-order valence-corrected chi connectivity index (χ2v) is 5.94. The molecule has 3 heterocycles. The Labute approximate surface area is 135 Å². The number of fused-ring (bicyclic) bond motifs is 1. The lowest BCUT2D eigenvalue weighted by molar-refractivity contribution is 0.0323. The average Bonchev–Trinajstić information content (AvgIpc) is 3.06. The topological polar surface area (TPSA) is 52.4 Å². The van der Waals surface area contributed by atoms with Crippen LogP contribution in [0.15, 0.2) is 48.7 Å². The van der Waals surface area contributed by atoms with E-state index in [2.05, 4.69) is 34.3 Å². The Morgan fingerprint density at radius 2 is 2.00 bits per heavy atom. The zero-order valence-electron chi connectivity index (χ0n) is 12.8. The zero-order valence-corrected chi connectivity index (χ0v) is 12.8. The molecule has 2 aromatic rings. The number of rotatable bonds is 2. The summed E-state index contributed by atoms with van der Waals surface area (Å²) in [6, 6.07) is 14.7. The van der Waals surface area contributed by atoms with Crippen molar-refractivity contribution in [1.29, 1.82) is 5.26 Å². The maximum Gasteiger partial charge on any atom is 0.179 e. The van der Waals surface area contributed by atoms with E-state index in [-0.39, 0.29) is 12.1 Å². The minimum atomic E-state index is 0.0885. The quantitative estimate of drug-likeness (QED) is 0.796. The molecule has 2 aliphatic rings. The summed E-state index contributed by atoms with van der Waals surface area (Å²) in [5.74, 6) is 0.962. The van der Waals surface area contributed by atoms with Crippen LogP contribution in [0.1, 0.15) is 0 Å². The predicted octanol–water partition coefficient (Wildman–Crippen LogP) is 2.12. The molecule has 2 saturated heterocycles. The Morgan fingerprint density at radius 3 is 2.83 bits per heavy atom. The molecule has 0 radical (unpaired) electrons. The molecule has 23 heavy (non-hydrogen) atoms. The van der Waals surface area contributed by atoms with Crippen molar-refractivity contribution >= 4 is 5.82 Å². The van der Waals surface area contributed by atoms with Crippen LogP contribution in [0.2, 0.25) is 0 Å². The molecule has 116 valence electrons. The van der Waals surface area contributed by atoms with Gasteiger partial charge in [0.25, 0.3) is 0 Å². The van der Waals surface area contributed by atoms with E-state index >= 15 is 0 Å². The van der Waals surface area contributed by atoms with Crippen molar-refractivity contribution in [2.75, 3.05) is 31.1 Å². The summed E-state index contributed by atoms with van der Waals surface area (Å²) >= 11 is 0. The largest absolute Gasteiger partial charge is 0.372 e. The lowest BCUT2D eigenvalue weighted by atomic mass is 10.1. The SMILES string of the molecule is N#CN1C[C@H]2OCCN(c3cc(-c4ccccc4)ccn3)[C@H]2C1. The number of aromatic nitrogens is 1. The van der Waals surface area contributed by atoms with Gasteiger partial charge in [-0.1, -0.05) is 30.3 Å². The smallest absolute Gasteiger partial charge is 0.179 e. The predicted molar refractivity (Wildman–Crippen MR) is 87.7 cm³/mol. The van der Waals surface area contributed by atoms with E-state index < -0.39 is 0 Å². The summed E-state index contributed by atoms with van der Waals surface area (Å²) in [6.45, 7) is 2.87. The molecule has 0 bridgehead atoms. The van der Waals surface area contributed by atoms with Crippen LogP contribution in [0.3, 0.4) is 0 Å². The van der Waals surface area contributed by atoms with E-state index in [0.29, 0.717) is 19.7 Å². The molecule has 5 heteroatoms. The second-order valence-electron chi connectivity index (χ2n) is 5.94. The van der Waals surface area contributed by atoms with Crippen molar-refractivity contribution in [1.82, 2.24) is 9.88 Å². The number of likely N-dealkylation sites (tertiary alicyclic amines) is 1. The van der Waals surface area contributed by atoms with Crippen LogP contribution < -0.4 is 4.90 Å². The number of ether oxygens (including phenoxy) is 1. The average molecular weight is 306 g/mol. The van der Waals surface area contributed by atoms with Gasteiger partial charge in [0.15, 0.2) is 6.19 Å². The number of pyridine rings is 1. The fourth-order valence-electron chi connectivity index (χ4n) is 3.44. The van der Waals surface area contributed by atoms with Crippen LogP contribution >= 0.6 is 0 Å². The van der Waals surface area contributed by atoms with Crippen molar-refractivity contribution < 1.29 is 4.74 Å². The van der Waals surface area contributed by atoms with Crippen LogP contribution in [0.4, 0.5) is 5.82 Å². The molecule has 2 atom stereocenters. The van der Waals surface area contributed by atoms with Crippen LogP contribution in [0, 0.1) is 11.5 Å². The highest BCUT2D eigenvalue weighted by atomic mass is 16.5. The van der Waals surface area contributed by atoms with Gasteiger partial charge in [-0.05, 0) is 23.3 Å². The number of nitrogens with zero attached hydrogens (tertiary/aromatic N) is 4. The highest BCUT2D eigenvalue weighted by Gasteiger charge is 2.40. The highest BCUT2D eigenvalue weighted by molar-refractivity contribution is 5.66. The summed E-state index contributed by atoms with van der Waals surface area (Å²) < 4.78 is 5.84. The molecule has 1 aromatic carbocycles. The van der Waals surface area contributed by atoms with Gasteiger partial charge in [0.1, 0.15) is 5.82 Å². The highest BCUT2D eigenvalue weighted by Crippen LogP contribution is 2.29. The first-order valence-electron chi connectivity index (χ1n) is 7.89. The first-order valence-corrected chi connectivity index (χ1v) is 7.89. The standard InChI is InChI=1S/C18H18N4O/c19-13-21-11-16-17(12-21)23-9-8-22(16)18-10-15(6-7-20-18)14-4-2-1-3-5-14/h1-7,10,16-17H,8-9,11-12H2/t16-,17+/m0/s1. The molecule has 4 rings (SSSR count). The van der Waals surface area contributed by atoms with E-state index in [1.807, 2.05) is 30.5 Å². The van der Waals surface area contributed by atoms with Gasteiger partial charge < -0.3 is 14.5 Å². The molecule has 2 aliphatic heterocycles. The number of morpholine rings is 1. The lowest BCUT2D eigenvalue weighted by Gasteiger charge is -2.37. The maximum absolute atomic E-state index is 9.15. The first kappa shape index (κ1) is 14.0. The molecule has 0 N–H and O–H groups in total. The van der Waals surface area contributed by atoms with Crippen molar-refractivity contribution in [3.05, 3.63) is 48.7 Å². The number of anilines is 1. The lowest BCUT2D eigenvalue weighted by Crippen LogP contribution is -2.51. The van der Waals surface area contributed by atoms with Crippen molar-refractivity contribution in [3.63, 3.8) is 0 Å². The van der Waals surface area contributed by atoms with E-state index in [1.165, 1.54) is 5.56 Å². The minimum absolute atomic E-state index is 0.0885. The van der Waals surface area contributed by atoms with Crippen LogP contribution in [-0.2, 0) is 4.74 Å². The molecule has 2 fully saturated rings. The second kappa shape index (κ2) is 5.90. The first-order chi connectivity index (χ1) is 11.3. The van der Waals surface area contributed by atoms with Gasteiger partial charge in [0, 0.05) is 12.7 Å². The normalized spacial score (nSPS) is 23.4. The number of hydrogen-bond acceptors (Lipinski definition) is 5. The number of benzene rings is 1. The van der Waals surface area contributed by atoms with E-state index in [1.54, 1.807) is 4.90 Å². The van der Waals surface area contributed by atoms with Crippen molar-refractivity contribution in [2.24, 2.45) is 0 Å². The van der Waals surface area contributed by atoms with Crippen molar-refractivity contribution in [3.8, 4) is 17.3 Å². The Bertz CT molecular complexity index is 727. The third kappa shape index (κ3) is 2.62. The number of hydrogen-bond donors (Lipinski definition) is 0. The third-order valence-corrected chi connectivity index (χ3v) is 4.59. The summed E-state index contributed by atoms with van der Waals surface area (Å²) in [6.07, 6.45) is 4.18. The Hall–Kier alpha value is -2.58. The van der Waals surface area contributed by atoms with E-state index in [9.17, 15) is 0 Å². The molecular weight excluding hydrogens is 288 g/mol. The maximum atomic E-state index is 9.15. The molecule has 1 aromatic heterocycles. The van der Waals surface area contributed by atoms with Gasteiger partial charge in [-0.15, -0.1) is 0 Å². The fourth-order valence-corrected chi connectivity index (χ4v) is 3.44. The Balaban J connectivity index is 1.64. The Morgan fingerprint density at radius 1 is 1.13 bits per heavy atom. The molecule has 5 nitrogen and oxygen atoms in total. The summed E-state index contributed by atoms with van der Waals surface area (Å²) in [5.41, 5.74) is 2.35. The fraction of sp³-hybridized carbons (Fsp3) is 0.333. The molecule has 0 saturated carbocycles. The third-order valence-electron chi connectivity index (χ3n) is 4.59. The summed E-state index contributed by atoms with van der Waals surface area (Å²) in [7, 11) is 0. The summed E-state index contributed by atoms with van der Waals surface area (Å²) in [4.78, 5) is 8.63. The summed E-state index contributed by atoms with van der Waals surface area (Å²) in [5, 5.41) is 9.15. The molecular formula is C18H18N4O. The van der Waals surface area contributed by atoms with Gasteiger partial charge in [0.2, 0.25) is 0 Å². The Kier molecular flexibility index (Phi) is 3.60. The van der Waals surface area contributed by atoms with Gasteiger partial charge >= 0.3 is 0 Å². The molecule has 0 spiro atoms. The van der Waals surface area contributed by atoms with Crippen LogP contribution in [-0.4, -0.2) is 48.3 Å². The van der Waals surface area contributed by atoms with Crippen LogP contribution in [0.5, 0.6) is 0 Å². The number of nitriles is 1. The molecule has 0 aliphatic carbocycles. The van der Waals surface area contributed by atoms with Gasteiger partial charge in [-0.2, -0.15) is 5.26 Å². The monoisotopic (exact) mass is 306 g/mol. The zero-order chi connectivity index (χ0) is 15.6. The molecule has 0 unspecified atom stereocenters.